The molecular formula is C24H28N4O2S. The van der Waals surface area contributed by atoms with E-state index < -0.39 is 0 Å². The number of benzene rings is 2. The minimum Gasteiger partial charge on any atom is -0.497 e. The third-order valence-electron chi connectivity index (χ3n) is 5.57. The molecule has 7 heteroatoms. The van der Waals surface area contributed by atoms with E-state index in [1.807, 2.05) is 30.3 Å². The first-order chi connectivity index (χ1) is 15.1. The molecular weight excluding hydrogens is 408 g/mol. The summed E-state index contributed by atoms with van der Waals surface area (Å²) in [7, 11) is 1.65. The molecule has 0 saturated heterocycles. The number of carbonyl (C=O) groups excluding carboxylic acids is 1. The third-order valence-corrected chi connectivity index (χ3v) is 6.51. The number of ether oxygens (including phenoxy) is 1. The minimum atomic E-state index is 0.0241. The van der Waals surface area contributed by atoms with Crippen LogP contribution in [0.4, 0.5) is 0 Å². The van der Waals surface area contributed by atoms with Crippen molar-refractivity contribution >= 4 is 17.7 Å². The Morgan fingerprint density at radius 1 is 1.19 bits per heavy atom. The van der Waals surface area contributed by atoms with Gasteiger partial charge < -0.3 is 10.1 Å². The molecule has 1 atom stereocenters. The summed E-state index contributed by atoms with van der Waals surface area (Å²) in [4.78, 5) is 12.7. The summed E-state index contributed by atoms with van der Waals surface area (Å²) in [6.45, 7) is 4.19. The van der Waals surface area contributed by atoms with Crippen molar-refractivity contribution < 1.29 is 9.53 Å². The zero-order valence-corrected chi connectivity index (χ0v) is 19.0. The van der Waals surface area contributed by atoms with Gasteiger partial charge in [0, 0.05) is 11.6 Å². The van der Waals surface area contributed by atoms with Crippen molar-refractivity contribution in [3.63, 3.8) is 0 Å². The molecule has 1 N–H and O–H groups in total. The van der Waals surface area contributed by atoms with Gasteiger partial charge >= 0.3 is 0 Å². The first kappa shape index (κ1) is 21.4. The highest BCUT2D eigenvalue weighted by Crippen LogP contribution is 2.31. The molecule has 1 aliphatic carbocycles. The highest BCUT2D eigenvalue weighted by molar-refractivity contribution is 7.99. The fourth-order valence-corrected chi connectivity index (χ4v) is 4.93. The van der Waals surface area contributed by atoms with E-state index in [1.54, 1.807) is 7.11 Å². The van der Waals surface area contributed by atoms with E-state index in [0.29, 0.717) is 5.75 Å². The molecule has 31 heavy (non-hydrogen) atoms. The van der Waals surface area contributed by atoms with Crippen molar-refractivity contribution in [1.82, 2.24) is 20.1 Å². The Morgan fingerprint density at radius 3 is 2.71 bits per heavy atom. The van der Waals surface area contributed by atoms with Crippen molar-refractivity contribution in [2.75, 3.05) is 12.9 Å². The van der Waals surface area contributed by atoms with Gasteiger partial charge in [0.2, 0.25) is 5.91 Å². The second kappa shape index (κ2) is 9.56. The van der Waals surface area contributed by atoms with Crippen LogP contribution in [0, 0.1) is 0 Å². The number of rotatable bonds is 7. The third kappa shape index (κ3) is 4.77. The lowest BCUT2D eigenvalue weighted by Crippen LogP contribution is -2.32. The molecule has 1 aromatic heterocycles. The number of nitrogens with one attached hydrogen (secondary N) is 1. The Balaban J connectivity index is 1.45. The van der Waals surface area contributed by atoms with Gasteiger partial charge in [-0.3, -0.25) is 9.36 Å². The van der Waals surface area contributed by atoms with Crippen LogP contribution in [0.1, 0.15) is 49.9 Å². The molecule has 4 rings (SSSR count). The van der Waals surface area contributed by atoms with Crippen LogP contribution in [0.25, 0.3) is 11.4 Å². The van der Waals surface area contributed by atoms with Crippen molar-refractivity contribution in [3.8, 4) is 17.1 Å². The van der Waals surface area contributed by atoms with Crippen molar-refractivity contribution in [3.05, 3.63) is 59.7 Å². The molecule has 3 aromatic rings. The minimum absolute atomic E-state index is 0.0241. The second-order valence-electron chi connectivity index (χ2n) is 8.00. The normalized spacial score (nSPS) is 15.5. The standard InChI is InChI=1S/C24H28N4O2S/c1-16(2)28-23(18-11-13-19(30-3)14-12-18)26-27-24(28)31-15-22(29)25-21-10-6-8-17-7-4-5-9-20(17)21/h4-5,7,9,11-14,16,21H,6,8,10,15H2,1-3H3,(H,25,29)/t21-/m1/s1. The molecule has 6 nitrogen and oxygen atoms in total. The molecule has 1 heterocycles. The molecule has 1 aliphatic rings. The molecule has 1 amide bonds. The number of thioether (sulfide) groups is 1. The number of hydrogen-bond acceptors (Lipinski definition) is 5. The summed E-state index contributed by atoms with van der Waals surface area (Å²) < 4.78 is 7.32. The van der Waals surface area contributed by atoms with Crippen LogP contribution in [0.2, 0.25) is 0 Å². The van der Waals surface area contributed by atoms with Crippen LogP contribution in [0.5, 0.6) is 5.75 Å². The van der Waals surface area contributed by atoms with E-state index >= 15 is 0 Å². The van der Waals surface area contributed by atoms with Gasteiger partial charge in [0.25, 0.3) is 0 Å². The summed E-state index contributed by atoms with van der Waals surface area (Å²) in [5, 5.41) is 12.7. The molecule has 0 saturated carbocycles. The van der Waals surface area contributed by atoms with Crippen molar-refractivity contribution in [1.29, 1.82) is 0 Å². The highest BCUT2D eigenvalue weighted by atomic mass is 32.2. The maximum absolute atomic E-state index is 12.7. The van der Waals surface area contributed by atoms with Crippen LogP contribution in [-0.2, 0) is 11.2 Å². The van der Waals surface area contributed by atoms with Crippen LogP contribution in [0.3, 0.4) is 0 Å². The van der Waals surface area contributed by atoms with Gasteiger partial charge in [-0.25, -0.2) is 0 Å². The average molecular weight is 437 g/mol. The maximum Gasteiger partial charge on any atom is 0.230 e. The molecule has 0 bridgehead atoms. The smallest absolute Gasteiger partial charge is 0.230 e. The average Bonchev–Trinajstić information content (AvgIpc) is 3.22. The monoisotopic (exact) mass is 436 g/mol. The number of methoxy groups -OCH3 is 1. The van der Waals surface area contributed by atoms with Gasteiger partial charge in [0.15, 0.2) is 11.0 Å². The van der Waals surface area contributed by atoms with E-state index in [-0.39, 0.29) is 18.0 Å². The summed E-state index contributed by atoms with van der Waals surface area (Å²) in [6.07, 6.45) is 3.17. The Bertz CT molecular complexity index is 1050. The second-order valence-corrected chi connectivity index (χ2v) is 8.94. The Hall–Kier alpha value is -2.80. The van der Waals surface area contributed by atoms with Crippen LogP contribution in [-0.4, -0.2) is 33.5 Å². The van der Waals surface area contributed by atoms with Gasteiger partial charge in [-0.05, 0) is 68.5 Å². The number of nitrogens with zero attached hydrogens (tertiary/aromatic N) is 3. The van der Waals surface area contributed by atoms with Gasteiger partial charge in [-0.1, -0.05) is 36.0 Å². The lowest BCUT2D eigenvalue weighted by molar-refractivity contribution is -0.119. The summed E-state index contributed by atoms with van der Waals surface area (Å²) in [5.74, 6) is 1.93. The zero-order valence-electron chi connectivity index (χ0n) is 18.2. The van der Waals surface area contributed by atoms with Crippen molar-refractivity contribution in [2.45, 2.75) is 50.4 Å². The summed E-state index contributed by atoms with van der Waals surface area (Å²) >= 11 is 1.43. The molecule has 0 radical (unpaired) electrons. The number of amides is 1. The highest BCUT2D eigenvalue weighted by Gasteiger charge is 2.22. The number of fused-ring (bicyclic) bond motifs is 1. The van der Waals surface area contributed by atoms with Gasteiger partial charge in [-0.2, -0.15) is 0 Å². The predicted molar refractivity (Wildman–Crippen MR) is 123 cm³/mol. The lowest BCUT2D eigenvalue weighted by Gasteiger charge is -2.26. The fraction of sp³-hybridized carbons (Fsp3) is 0.375. The number of hydrogen-bond donors (Lipinski definition) is 1. The van der Waals surface area contributed by atoms with Crippen LogP contribution in [0.15, 0.2) is 53.7 Å². The Morgan fingerprint density at radius 2 is 1.97 bits per heavy atom. The topological polar surface area (TPSA) is 69.0 Å². The molecule has 0 spiro atoms. The Kier molecular flexibility index (Phi) is 6.61. The van der Waals surface area contributed by atoms with E-state index in [0.717, 1.165) is 41.6 Å². The van der Waals surface area contributed by atoms with Crippen molar-refractivity contribution in [2.24, 2.45) is 0 Å². The van der Waals surface area contributed by atoms with Gasteiger partial charge in [0.05, 0.1) is 18.9 Å². The predicted octanol–water partition coefficient (Wildman–Crippen LogP) is 4.82. The van der Waals surface area contributed by atoms with Crippen LogP contribution < -0.4 is 10.1 Å². The fourth-order valence-electron chi connectivity index (χ4n) is 4.05. The maximum atomic E-state index is 12.7. The molecule has 0 unspecified atom stereocenters. The lowest BCUT2D eigenvalue weighted by atomic mass is 9.88. The van der Waals surface area contributed by atoms with E-state index in [4.69, 9.17) is 4.74 Å². The molecule has 162 valence electrons. The first-order valence-corrected chi connectivity index (χ1v) is 11.6. The number of carbonyl (C=O) groups is 1. The first-order valence-electron chi connectivity index (χ1n) is 10.7. The summed E-state index contributed by atoms with van der Waals surface area (Å²) in [6, 6.07) is 16.4. The van der Waals surface area contributed by atoms with Crippen LogP contribution >= 0.6 is 11.8 Å². The SMILES string of the molecule is COc1ccc(-c2nnc(SCC(=O)N[C@@H]3CCCc4ccccc43)n2C(C)C)cc1. The number of aryl methyl sites for hydroxylation is 1. The number of aromatic nitrogens is 3. The largest absolute Gasteiger partial charge is 0.497 e. The van der Waals surface area contributed by atoms with E-state index in [2.05, 4.69) is 52.1 Å². The molecule has 0 aliphatic heterocycles. The van der Waals surface area contributed by atoms with E-state index in [9.17, 15) is 4.79 Å². The Labute approximate surface area is 187 Å². The summed E-state index contributed by atoms with van der Waals surface area (Å²) in [5.41, 5.74) is 3.56. The van der Waals surface area contributed by atoms with Gasteiger partial charge in [0.1, 0.15) is 5.75 Å². The molecule has 0 fully saturated rings. The quantitative estimate of drug-likeness (QED) is 0.538. The van der Waals surface area contributed by atoms with Gasteiger partial charge in [-0.15, -0.1) is 10.2 Å². The van der Waals surface area contributed by atoms with E-state index in [1.165, 1.54) is 22.9 Å². The zero-order chi connectivity index (χ0) is 21.8. The molecule has 2 aromatic carbocycles.